The Hall–Kier alpha value is -5.36. The fourth-order valence-corrected chi connectivity index (χ4v) is 3.75. The molecular weight excluding hydrogens is 500 g/mol. The fourth-order valence-electron chi connectivity index (χ4n) is 3.75. The summed E-state index contributed by atoms with van der Waals surface area (Å²) in [6.45, 7) is 0. The summed E-state index contributed by atoms with van der Waals surface area (Å²) in [4.78, 5) is 9.05. The summed E-state index contributed by atoms with van der Waals surface area (Å²) in [6.07, 6.45) is 3.63. The fraction of sp³-hybridized carbons (Fsp3) is 0.0588. The molecule has 0 heterocycles. The number of benzene rings is 5. The SMILES string of the molecule is COc1ccc(C=Nc2ccc(Oc3cccc(Oc4ccc(N=Cc5ccc(OC)cc5)cc4)c3)cc2)cc1. The lowest BCUT2D eigenvalue weighted by Crippen LogP contribution is -1.87. The molecule has 0 N–H and O–H groups in total. The molecule has 0 spiro atoms. The Morgan fingerprint density at radius 3 is 1.18 bits per heavy atom. The average Bonchev–Trinajstić information content (AvgIpc) is 3.01. The third-order valence-corrected chi connectivity index (χ3v) is 5.91. The molecule has 0 aromatic heterocycles. The molecule has 0 bridgehead atoms. The minimum absolute atomic E-state index is 0.674. The molecule has 6 heteroatoms. The van der Waals surface area contributed by atoms with Crippen LogP contribution in [0.5, 0.6) is 34.5 Å². The first-order valence-corrected chi connectivity index (χ1v) is 12.7. The molecule has 5 aromatic rings. The topological polar surface area (TPSA) is 61.6 Å². The van der Waals surface area contributed by atoms with Crippen molar-refractivity contribution in [3.05, 3.63) is 132 Å². The summed E-state index contributed by atoms with van der Waals surface area (Å²) >= 11 is 0. The molecule has 0 saturated carbocycles. The van der Waals surface area contributed by atoms with Crippen LogP contribution in [0.25, 0.3) is 0 Å². The number of hydrogen-bond donors (Lipinski definition) is 0. The quantitative estimate of drug-likeness (QED) is 0.170. The Morgan fingerprint density at radius 2 is 0.800 bits per heavy atom. The zero-order valence-electron chi connectivity index (χ0n) is 22.2. The zero-order valence-corrected chi connectivity index (χ0v) is 22.2. The lowest BCUT2D eigenvalue weighted by Gasteiger charge is -2.09. The van der Waals surface area contributed by atoms with Crippen molar-refractivity contribution >= 4 is 23.8 Å². The zero-order chi connectivity index (χ0) is 27.6. The van der Waals surface area contributed by atoms with E-state index in [-0.39, 0.29) is 0 Å². The number of hydrogen-bond acceptors (Lipinski definition) is 6. The molecule has 0 radical (unpaired) electrons. The molecule has 0 fully saturated rings. The van der Waals surface area contributed by atoms with Gasteiger partial charge in [-0.15, -0.1) is 0 Å². The monoisotopic (exact) mass is 528 g/mol. The van der Waals surface area contributed by atoms with Gasteiger partial charge in [-0.1, -0.05) is 6.07 Å². The van der Waals surface area contributed by atoms with Gasteiger partial charge in [-0.3, -0.25) is 9.98 Å². The minimum Gasteiger partial charge on any atom is -0.497 e. The molecule has 0 saturated heterocycles. The lowest BCUT2D eigenvalue weighted by atomic mass is 10.2. The summed E-state index contributed by atoms with van der Waals surface area (Å²) in [5.74, 6) is 4.40. The van der Waals surface area contributed by atoms with Gasteiger partial charge >= 0.3 is 0 Å². The Morgan fingerprint density at radius 1 is 0.425 bits per heavy atom. The molecule has 0 aliphatic rings. The predicted octanol–water partition coefficient (Wildman–Crippen LogP) is 8.79. The van der Waals surface area contributed by atoms with E-state index < -0.39 is 0 Å². The van der Waals surface area contributed by atoms with Gasteiger partial charge in [-0.25, -0.2) is 0 Å². The van der Waals surface area contributed by atoms with Crippen molar-refractivity contribution in [1.29, 1.82) is 0 Å². The summed E-state index contributed by atoms with van der Waals surface area (Å²) in [6, 6.07) is 38.2. The second-order valence-corrected chi connectivity index (χ2v) is 8.73. The summed E-state index contributed by atoms with van der Waals surface area (Å²) in [5.41, 5.74) is 3.65. The van der Waals surface area contributed by atoms with Crippen LogP contribution < -0.4 is 18.9 Å². The van der Waals surface area contributed by atoms with Gasteiger partial charge in [0.1, 0.15) is 34.5 Å². The van der Waals surface area contributed by atoms with Crippen LogP contribution in [0.1, 0.15) is 11.1 Å². The van der Waals surface area contributed by atoms with Crippen LogP contribution in [0, 0.1) is 0 Å². The standard InChI is InChI=1S/C34H28N2O4/c1-37-29-14-6-25(7-15-29)23-35-27-10-18-31(19-11-27)39-33-4-3-5-34(22-33)40-32-20-12-28(13-21-32)36-24-26-8-16-30(38-2)17-9-26/h3-24H,1-2H3. The summed E-state index contributed by atoms with van der Waals surface area (Å²) in [7, 11) is 3.30. The third kappa shape index (κ3) is 7.36. The molecule has 5 rings (SSSR count). The molecule has 6 nitrogen and oxygen atoms in total. The summed E-state index contributed by atoms with van der Waals surface area (Å²) in [5, 5.41) is 0. The van der Waals surface area contributed by atoms with Crippen LogP contribution in [0.3, 0.4) is 0 Å². The summed E-state index contributed by atoms with van der Waals surface area (Å²) < 4.78 is 22.4. The van der Waals surface area contributed by atoms with E-state index in [0.29, 0.717) is 23.0 Å². The molecule has 198 valence electrons. The van der Waals surface area contributed by atoms with Crippen LogP contribution in [-0.2, 0) is 0 Å². The first kappa shape index (κ1) is 26.3. The highest BCUT2D eigenvalue weighted by Gasteiger charge is 2.03. The van der Waals surface area contributed by atoms with E-state index in [2.05, 4.69) is 9.98 Å². The minimum atomic E-state index is 0.674. The van der Waals surface area contributed by atoms with Crippen molar-refractivity contribution in [2.45, 2.75) is 0 Å². The second kappa shape index (κ2) is 12.9. The van der Waals surface area contributed by atoms with E-state index in [9.17, 15) is 0 Å². The predicted molar refractivity (Wildman–Crippen MR) is 160 cm³/mol. The molecule has 0 atom stereocenters. The molecule has 5 aromatic carbocycles. The Labute approximate surface area is 233 Å². The molecule has 0 aliphatic heterocycles. The third-order valence-electron chi connectivity index (χ3n) is 5.91. The van der Waals surface area contributed by atoms with Crippen LogP contribution in [0.2, 0.25) is 0 Å². The second-order valence-electron chi connectivity index (χ2n) is 8.73. The average molecular weight is 529 g/mol. The molecule has 40 heavy (non-hydrogen) atoms. The van der Waals surface area contributed by atoms with Crippen molar-refractivity contribution in [2.24, 2.45) is 9.98 Å². The van der Waals surface area contributed by atoms with Crippen LogP contribution in [0.15, 0.2) is 131 Å². The molecule has 0 amide bonds. The van der Waals surface area contributed by atoms with E-state index in [0.717, 1.165) is 34.0 Å². The van der Waals surface area contributed by atoms with Crippen LogP contribution in [-0.4, -0.2) is 26.6 Å². The smallest absolute Gasteiger partial charge is 0.131 e. The van der Waals surface area contributed by atoms with Crippen molar-refractivity contribution in [3.8, 4) is 34.5 Å². The van der Waals surface area contributed by atoms with E-state index in [1.807, 2.05) is 134 Å². The van der Waals surface area contributed by atoms with Gasteiger partial charge in [0.25, 0.3) is 0 Å². The van der Waals surface area contributed by atoms with Gasteiger partial charge in [-0.2, -0.15) is 0 Å². The first-order valence-electron chi connectivity index (χ1n) is 12.7. The van der Waals surface area contributed by atoms with Crippen molar-refractivity contribution in [1.82, 2.24) is 0 Å². The normalized spacial score (nSPS) is 11.1. The number of rotatable bonds is 10. The van der Waals surface area contributed by atoms with E-state index in [4.69, 9.17) is 18.9 Å². The highest BCUT2D eigenvalue weighted by atomic mass is 16.5. The van der Waals surface area contributed by atoms with Crippen molar-refractivity contribution in [3.63, 3.8) is 0 Å². The molecule has 0 aliphatic carbocycles. The molecule has 0 unspecified atom stereocenters. The van der Waals surface area contributed by atoms with Gasteiger partial charge in [0.05, 0.1) is 25.6 Å². The maximum Gasteiger partial charge on any atom is 0.131 e. The Kier molecular flexibility index (Phi) is 8.49. The van der Waals surface area contributed by atoms with Gasteiger partial charge in [-0.05, 0) is 120 Å². The highest BCUT2D eigenvalue weighted by Crippen LogP contribution is 2.30. The van der Waals surface area contributed by atoms with E-state index in [1.165, 1.54) is 0 Å². The maximum absolute atomic E-state index is 6.03. The molecular formula is C34H28N2O4. The Balaban J connectivity index is 1.16. The van der Waals surface area contributed by atoms with Crippen molar-refractivity contribution in [2.75, 3.05) is 14.2 Å². The van der Waals surface area contributed by atoms with Crippen LogP contribution >= 0.6 is 0 Å². The first-order chi connectivity index (χ1) is 19.7. The van der Waals surface area contributed by atoms with Gasteiger partial charge < -0.3 is 18.9 Å². The Bertz CT molecular complexity index is 1460. The van der Waals surface area contributed by atoms with Gasteiger partial charge in [0.15, 0.2) is 0 Å². The lowest BCUT2D eigenvalue weighted by molar-refractivity contribution is 0.414. The number of ether oxygens (including phenoxy) is 4. The van der Waals surface area contributed by atoms with Crippen LogP contribution in [0.4, 0.5) is 11.4 Å². The van der Waals surface area contributed by atoms with Crippen molar-refractivity contribution < 1.29 is 18.9 Å². The maximum atomic E-state index is 6.03. The number of nitrogens with zero attached hydrogens (tertiary/aromatic N) is 2. The van der Waals surface area contributed by atoms with Gasteiger partial charge in [0, 0.05) is 18.5 Å². The number of methoxy groups -OCH3 is 2. The largest absolute Gasteiger partial charge is 0.497 e. The number of aliphatic imine (C=N–C) groups is 2. The van der Waals surface area contributed by atoms with E-state index in [1.54, 1.807) is 14.2 Å². The van der Waals surface area contributed by atoms with E-state index >= 15 is 0 Å². The highest BCUT2D eigenvalue weighted by molar-refractivity contribution is 5.82. The van der Waals surface area contributed by atoms with Gasteiger partial charge in [0.2, 0.25) is 0 Å².